The first-order chi connectivity index (χ1) is 11.0. The number of rotatable bonds is 12. The summed E-state index contributed by atoms with van der Waals surface area (Å²) in [6.45, 7) is 5.91. The van der Waals surface area contributed by atoms with Crippen LogP contribution in [0.2, 0.25) is 0 Å². The second-order valence-corrected chi connectivity index (χ2v) is 6.91. The quantitative estimate of drug-likeness (QED) is 0.524. The van der Waals surface area contributed by atoms with Crippen LogP contribution in [0.25, 0.3) is 0 Å². The minimum absolute atomic E-state index is 0. The molecule has 1 heterocycles. The Hall–Kier alpha value is -0.810. The third-order valence-corrected chi connectivity index (χ3v) is 5.09. The normalized spacial score (nSPS) is 23.8. The fourth-order valence-corrected chi connectivity index (χ4v) is 3.79. The van der Waals surface area contributed by atoms with Crippen LogP contribution < -0.4 is 11.5 Å². The predicted octanol–water partition coefficient (Wildman–Crippen LogP) is 2.85. The molecule has 1 aliphatic heterocycles. The minimum atomic E-state index is -0.421. The number of nitrogens with zero attached hydrogens (tertiary/aromatic N) is 1. The number of hydrogen-bond donors (Lipinski definition) is 2. The van der Waals surface area contributed by atoms with Gasteiger partial charge in [-0.25, -0.2) is 0 Å². The largest absolute Gasteiger partial charge is 0.369 e. The number of amides is 2. The highest BCUT2D eigenvalue weighted by Gasteiger charge is 2.46. The van der Waals surface area contributed by atoms with E-state index >= 15 is 0 Å². The number of carbonyl (C=O) groups excluding carboxylic acids is 2. The molecule has 4 N–H and O–H groups in total. The van der Waals surface area contributed by atoms with Gasteiger partial charge in [0, 0.05) is 12.6 Å². The van der Waals surface area contributed by atoms with E-state index in [9.17, 15) is 9.59 Å². The topological polar surface area (TPSA) is 89.4 Å². The van der Waals surface area contributed by atoms with E-state index in [2.05, 4.69) is 18.7 Å². The Labute approximate surface area is 153 Å². The summed E-state index contributed by atoms with van der Waals surface area (Å²) in [5.74, 6) is -1.59. The van der Waals surface area contributed by atoms with Crippen LogP contribution in [0.3, 0.4) is 0 Å². The highest BCUT2D eigenvalue weighted by Crippen LogP contribution is 2.33. The lowest BCUT2D eigenvalue weighted by Gasteiger charge is -2.27. The predicted molar refractivity (Wildman–Crippen MR) is 101 cm³/mol. The van der Waals surface area contributed by atoms with Gasteiger partial charge in [-0.2, -0.15) is 0 Å². The third kappa shape index (κ3) is 6.98. The Bertz CT molecular complexity index is 379. The molecule has 6 heteroatoms. The number of likely N-dealkylation sites (tertiary alicyclic amines) is 1. The number of unbranched alkanes of at least 4 members (excludes halogenated alkanes) is 6. The number of carbonyl (C=O) groups is 2. The van der Waals surface area contributed by atoms with Gasteiger partial charge in [0.25, 0.3) is 0 Å². The van der Waals surface area contributed by atoms with E-state index in [1.54, 1.807) is 0 Å². The third-order valence-electron chi connectivity index (χ3n) is 5.09. The highest BCUT2D eigenvalue weighted by molar-refractivity contribution is 5.87. The summed E-state index contributed by atoms with van der Waals surface area (Å²) < 4.78 is 0. The molecule has 24 heavy (non-hydrogen) atoms. The van der Waals surface area contributed by atoms with Crippen molar-refractivity contribution in [2.45, 2.75) is 77.7 Å². The molecule has 0 saturated carbocycles. The monoisotopic (exact) mass is 361 g/mol. The van der Waals surface area contributed by atoms with Crippen LogP contribution in [-0.4, -0.2) is 35.8 Å². The van der Waals surface area contributed by atoms with Crippen molar-refractivity contribution in [3.8, 4) is 0 Å². The summed E-state index contributed by atoms with van der Waals surface area (Å²) in [5.41, 5.74) is 11.1. The van der Waals surface area contributed by atoms with Crippen molar-refractivity contribution >= 4 is 24.2 Å². The maximum Gasteiger partial charge on any atom is 0.222 e. The second-order valence-electron chi connectivity index (χ2n) is 6.91. The summed E-state index contributed by atoms with van der Waals surface area (Å²) in [6.07, 6.45) is 10.3. The van der Waals surface area contributed by atoms with E-state index < -0.39 is 11.8 Å². The molecule has 142 valence electrons. The average molecular weight is 362 g/mol. The van der Waals surface area contributed by atoms with Gasteiger partial charge in [-0.15, -0.1) is 12.4 Å². The van der Waals surface area contributed by atoms with Crippen molar-refractivity contribution < 1.29 is 9.59 Å². The molecule has 1 aliphatic rings. The molecule has 3 atom stereocenters. The fraction of sp³-hybridized carbons (Fsp3) is 0.889. The van der Waals surface area contributed by atoms with Crippen LogP contribution in [0.15, 0.2) is 0 Å². The Balaban J connectivity index is 0.00000529. The van der Waals surface area contributed by atoms with Crippen molar-refractivity contribution in [2.24, 2.45) is 23.3 Å². The van der Waals surface area contributed by atoms with Gasteiger partial charge in [0.2, 0.25) is 11.8 Å². The van der Waals surface area contributed by atoms with Crippen molar-refractivity contribution in [1.82, 2.24) is 4.90 Å². The fourth-order valence-electron chi connectivity index (χ4n) is 3.79. The van der Waals surface area contributed by atoms with Gasteiger partial charge in [0.1, 0.15) is 0 Å². The van der Waals surface area contributed by atoms with E-state index in [0.717, 1.165) is 25.8 Å². The van der Waals surface area contributed by atoms with Crippen molar-refractivity contribution in [1.29, 1.82) is 0 Å². The van der Waals surface area contributed by atoms with Gasteiger partial charge in [-0.05, 0) is 19.4 Å². The van der Waals surface area contributed by atoms with Gasteiger partial charge < -0.3 is 11.5 Å². The standard InChI is InChI=1S/C18H35N3O2.ClH/c1-3-5-7-9-11-15-16(18(20)23)14(17(19)22)13-21(15)12-10-8-6-4-2;/h14-16H,3-13H2,1-2H3,(H2,19,22)(H2,20,23);1H. The SMILES string of the molecule is CCCCCCC1C(C(N)=O)C(C(N)=O)CN1CCCCCC.Cl. The van der Waals surface area contributed by atoms with E-state index in [0.29, 0.717) is 6.54 Å². The molecule has 0 aromatic carbocycles. The lowest BCUT2D eigenvalue weighted by molar-refractivity contribution is -0.130. The van der Waals surface area contributed by atoms with E-state index in [-0.39, 0.29) is 30.3 Å². The first-order valence-electron chi connectivity index (χ1n) is 9.35. The molecule has 1 fully saturated rings. The van der Waals surface area contributed by atoms with Crippen LogP contribution in [0, 0.1) is 11.8 Å². The van der Waals surface area contributed by atoms with Crippen molar-refractivity contribution in [2.75, 3.05) is 13.1 Å². The zero-order chi connectivity index (χ0) is 17.2. The molecule has 0 aromatic heterocycles. The Morgan fingerprint density at radius 2 is 1.50 bits per heavy atom. The first-order valence-corrected chi connectivity index (χ1v) is 9.35. The molecule has 1 rings (SSSR count). The number of nitrogens with two attached hydrogens (primary N) is 2. The van der Waals surface area contributed by atoms with Gasteiger partial charge in [-0.3, -0.25) is 14.5 Å². The molecule has 0 bridgehead atoms. The van der Waals surface area contributed by atoms with Gasteiger partial charge in [0.05, 0.1) is 11.8 Å². The summed E-state index contributed by atoms with van der Waals surface area (Å²) >= 11 is 0. The van der Waals surface area contributed by atoms with Crippen LogP contribution in [0.5, 0.6) is 0 Å². The van der Waals surface area contributed by atoms with E-state index in [1.807, 2.05) is 0 Å². The molecule has 5 nitrogen and oxygen atoms in total. The molecule has 0 spiro atoms. The van der Waals surface area contributed by atoms with Crippen LogP contribution >= 0.6 is 12.4 Å². The zero-order valence-electron chi connectivity index (χ0n) is 15.3. The van der Waals surface area contributed by atoms with Crippen molar-refractivity contribution in [3.63, 3.8) is 0 Å². The number of hydrogen-bond acceptors (Lipinski definition) is 3. The van der Waals surface area contributed by atoms with E-state index in [1.165, 1.54) is 38.5 Å². The summed E-state index contributed by atoms with van der Waals surface area (Å²) in [6, 6.07) is 0.0866. The lowest BCUT2D eigenvalue weighted by Crippen LogP contribution is -2.41. The molecule has 3 unspecified atom stereocenters. The molecule has 0 aliphatic carbocycles. The molecular formula is C18H36ClN3O2. The summed E-state index contributed by atoms with van der Waals surface area (Å²) in [4.78, 5) is 26.0. The van der Waals surface area contributed by atoms with Gasteiger partial charge >= 0.3 is 0 Å². The molecule has 2 amide bonds. The minimum Gasteiger partial charge on any atom is -0.369 e. The van der Waals surface area contributed by atoms with E-state index in [4.69, 9.17) is 11.5 Å². The molecule has 0 radical (unpaired) electrons. The average Bonchev–Trinajstić information content (AvgIpc) is 2.87. The Kier molecular flexibility index (Phi) is 12.1. The van der Waals surface area contributed by atoms with Gasteiger partial charge in [-0.1, -0.05) is 58.8 Å². The highest BCUT2D eigenvalue weighted by atomic mass is 35.5. The Morgan fingerprint density at radius 3 is 2.00 bits per heavy atom. The second kappa shape index (κ2) is 12.5. The van der Waals surface area contributed by atoms with Crippen molar-refractivity contribution in [3.05, 3.63) is 0 Å². The maximum absolute atomic E-state index is 11.9. The lowest BCUT2D eigenvalue weighted by atomic mass is 9.87. The van der Waals surface area contributed by atoms with Gasteiger partial charge in [0.15, 0.2) is 0 Å². The summed E-state index contributed by atoms with van der Waals surface area (Å²) in [7, 11) is 0. The maximum atomic E-state index is 11.9. The summed E-state index contributed by atoms with van der Waals surface area (Å²) in [5, 5.41) is 0. The smallest absolute Gasteiger partial charge is 0.222 e. The number of halogens is 1. The van der Waals surface area contributed by atoms with Crippen LogP contribution in [0.4, 0.5) is 0 Å². The number of primary amides is 2. The molecule has 1 saturated heterocycles. The van der Waals surface area contributed by atoms with Crippen LogP contribution in [-0.2, 0) is 9.59 Å². The first kappa shape index (κ1) is 23.2. The van der Waals surface area contributed by atoms with Crippen LogP contribution in [0.1, 0.15) is 71.6 Å². The molecular weight excluding hydrogens is 326 g/mol. The molecule has 0 aromatic rings. The zero-order valence-corrected chi connectivity index (χ0v) is 16.2. The Morgan fingerprint density at radius 1 is 0.917 bits per heavy atom.